The standard InChI is InChI=1S/C19H20N4O3S/c1-13-6-5-7-14(10-13)26-11-18-21-22-19(27-12-17(20)24)23(18)15-8-3-4-9-16(15)25-2/h3-10H,11-12H2,1-2H3,(H2,20,24). The Morgan fingerprint density at radius 1 is 1.19 bits per heavy atom. The van der Waals surface area contributed by atoms with Crippen LogP contribution in [0.5, 0.6) is 11.5 Å². The van der Waals surface area contributed by atoms with Crippen LogP contribution in [-0.2, 0) is 11.4 Å². The highest BCUT2D eigenvalue weighted by Gasteiger charge is 2.18. The molecular weight excluding hydrogens is 364 g/mol. The Balaban J connectivity index is 1.94. The van der Waals surface area contributed by atoms with Crippen molar-refractivity contribution < 1.29 is 14.3 Å². The Bertz CT molecular complexity index is 942. The topological polar surface area (TPSA) is 92.3 Å². The van der Waals surface area contributed by atoms with E-state index in [2.05, 4.69) is 10.2 Å². The first-order valence-corrected chi connectivity index (χ1v) is 9.25. The van der Waals surface area contributed by atoms with Crippen molar-refractivity contribution in [3.63, 3.8) is 0 Å². The van der Waals surface area contributed by atoms with E-state index in [1.54, 1.807) is 7.11 Å². The minimum absolute atomic E-state index is 0.103. The fourth-order valence-corrected chi connectivity index (χ4v) is 3.24. The lowest BCUT2D eigenvalue weighted by Crippen LogP contribution is -2.14. The van der Waals surface area contributed by atoms with Gasteiger partial charge in [-0.25, -0.2) is 0 Å². The Hall–Kier alpha value is -3.00. The minimum atomic E-state index is -0.424. The number of nitrogens with two attached hydrogens (primary N) is 1. The Morgan fingerprint density at radius 2 is 2.00 bits per heavy atom. The van der Waals surface area contributed by atoms with Gasteiger partial charge in [-0.05, 0) is 36.8 Å². The van der Waals surface area contributed by atoms with E-state index in [0.29, 0.717) is 16.7 Å². The molecule has 0 radical (unpaired) electrons. The van der Waals surface area contributed by atoms with Crippen LogP contribution in [0.15, 0.2) is 53.7 Å². The van der Waals surface area contributed by atoms with Crippen LogP contribution in [0, 0.1) is 6.92 Å². The fourth-order valence-electron chi connectivity index (χ4n) is 2.53. The van der Waals surface area contributed by atoms with Gasteiger partial charge in [-0.1, -0.05) is 36.0 Å². The minimum Gasteiger partial charge on any atom is -0.495 e. The second kappa shape index (κ2) is 8.59. The summed E-state index contributed by atoms with van der Waals surface area (Å²) in [6.45, 7) is 2.22. The number of aryl methyl sites for hydroxylation is 1. The van der Waals surface area contributed by atoms with Crippen LogP contribution in [0.1, 0.15) is 11.4 Å². The maximum atomic E-state index is 11.2. The monoisotopic (exact) mass is 384 g/mol. The summed E-state index contributed by atoms with van der Waals surface area (Å²) in [6, 6.07) is 15.3. The van der Waals surface area contributed by atoms with Crippen LogP contribution in [-0.4, -0.2) is 33.5 Å². The molecule has 0 aliphatic rings. The zero-order valence-electron chi connectivity index (χ0n) is 15.1. The van der Waals surface area contributed by atoms with Crippen LogP contribution >= 0.6 is 11.8 Å². The third kappa shape index (κ3) is 4.59. The van der Waals surface area contributed by atoms with Gasteiger partial charge in [-0.3, -0.25) is 9.36 Å². The molecule has 8 heteroatoms. The SMILES string of the molecule is COc1ccccc1-n1c(COc2cccc(C)c2)nnc1SCC(N)=O. The van der Waals surface area contributed by atoms with Crippen molar-refractivity contribution in [2.75, 3.05) is 12.9 Å². The number of methoxy groups -OCH3 is 1. The molecule has 1 heterocycles. The molecule has 0 saturated carbocycles. The summed E-state index contributed by atoms with van der Waals surface area (Å²) in [5, 5.41) is 8.99. The van der Waals surface area contributed by atoms with Gasteiger partial charge in [-0.2, -0.15) is 0 Å². The summed E-state index contributed by atoms with van der Waals surface area (Å²) in [7, 11) is 1.60. The number of carbonyl (C=O) groups is 1. The second-order valence-electron chi connectivity index (χ2n) is 5.77. The number of ether oxygens (including phenoxy) is 2. The molecule has 2 aromatic carbocycles. The van der Waals surface area contributed by atoms with Gasteiger partial charge in [0.25, 0.3) is 0 Å². The van der Waals surface area contributed by atoms with Crippen molar-refractivity contribution in [1.29, 1.82) is 0 Å². The van der Waals surface area contributed by atoms with Gasteiger partial charge in [0.2, 0.25) is 5.91 Å². The molecule has 0 aliphatic heterocycles. The number of benzene rings is 2. The summed E-state index contributed by atoms with van der Waals surface area (Å²) in [5.74, 6) is 1.68. The molecule has 0 aliphatic carbocycles. The van der Waals surface area contributed by atoms with E-state index in [9.17, 15) is 4.79 Å². The average Bonchev–Trinajstić information content (AvgIpc) is 3.07. The predicted molar refractivity (Wildman–Crippen MR) is 103 cm³/mol. The van der Waals surface area contributed by atoms with Crippen molar-refractivity contribution in [1.82, 2.24) is 14.8 Å². The van der Waals surface area contributed by atoms with Crippen LogP contribution < -0.4 is 15.2 Å². The molecule has 1 amide bonds. The second-order valence-corrected chi connectivity index (χ2v) is 6.71. The number of rotatable bonds is 8. The third-order valence-corrected chi connectivity index (χ3v) is 4.68. The number of nitrogens with zero attached hydrogens (tertiary/aromatic N) is 3. The van der Waals surface area contributed by atoms with Crippen molar-refractivity contribution in [2.45, 2.75) is 18.7 Å². The molecule has 2 N–H and O–H groups in total. The maximum Gasteiger partial charge on any atom is 0.227 e. The highest BCUT2D eigenvalue weighted by Crippen LogP contribution is 2.29. The van der Waals surface area contributed by atoms with Gasteiger partial charge < -0.3 is 15.2 Å². The number of hydrogen-bond acceptors (Lipinski definition) is 6. The van der Waals surface area contributed by atoms with Gasteiger partial charge in [-0.15, -0.1) is 10.2 Å². The highest BCUT2D eigenvalue weighted by atomic mass is 32.2. The van der Waals surface area contributed by atoms with Crippen molar-refractivity contribution in [3.05, 3.63) is 59.9 Å². The molecular formula is C19H20N4O3S. The van der Waals surface area contributed by atoms with E-state index in [1.165, 1.54) is 11.8 Å². The molecule has 27 heavy (non-hydrogen) atoms. The first-order chi connectivity index (χ1) is 13.1. The van der Waals surface area contributed by atoms with Crippen molar-refractivity contribution >= 4 is 17.7 Å². The number of primary amides is 1. The molecule has 1 aromatic heterocycles. The fraction of sp³-hybridized carbons (Fsp3) is 0.211. The van der Waals surface area contributed by atoms with Crippen molar-refractivity contribution in [3.8, 4) is 17.2 Å². The zero-order chi connectivity index (χ0) is 19.2. The maximum absolute atomic E-state index is 11.2. The number of hydrogen-bond donors (Lipinski definition) is 1. The zero-order valence-corrected chi connectivity index (χ0v) is 15.9. The summed E-state index contributed by atoms with van der Waals surface area (Å²) in [5.41, 5.74) is 7.15. The molecule has 0 atom stereocenters. The number of amides is 1. The number of carbonyl (C=O) groups excluding carboxylic acids is 1. The van der Waals surface area contributed by atoms with E-state index in [-0.39, 0.29) is 12.4 Å². The lowest BCUT2D eigenvalue weighted by Gasteiger charge is -2.14. The van der Waals surface area contributed by atoms with E-state index < -0.39 is 5.91 Å². The van der Waals surface area contributed by atoms with Crippen LogP contribution in [0.4, 0.5) is 0 Å². The first kappa shape index (κ1) is 18.8. The summed E-state index contributed by atoms with van der Waals surface area (Å²) >= 11 is 1.22. The van der Waals surface area contributed by atoms with E-state index in [1.807, 2.05) is 60.0 Å². The number of aromatic nitrogens is 3. The van der Waals surface area contributed by atoms with E-state index in [0.717, 1.165) is 17.0 Å². The van der Waals surface area contributed by atoms with Gasteiger partial charge >= 0.3 is 0 Å². The lowest BCUT2D eigenvalue weighted by molar-refractivity contribution is -0.115. The van der Waals surface area contributed by atoms with Gasteiger partial charge in [0.05, 0.1) is 18.6 Å². The molecule has 0 unspecified atom stereocenters. The molecule has 3 aromatic rings. The largest absolute Gasteiger partial charge is 0.495 e. The predicted octanol–water partition coefficient (Wildman–Crippen LogP) is 2.74. The number of para-hydroxylation sites is 2. The first-order valence-electron chi connectivity index (χ1n) is 8.26. The summed E-state index contributed by atoms with van der Waals surface area (Å²) < 4.78 is 13.2. The lowest BCUT2D eigenvalue weighted by atomic mass is 10.2. The summed E-state index contributed by atoms with van der Waals surface area (Å²) in [6.07, 6.45) is 0. The molecule has 0 saturated heterocycles. The van der Waals surface area contributed by atoms with Gasteiger partial charge in [0.1, 0.15) is 18.1 Å². The highest BCUT2D eigenvalue weighted by molar-refractivity contribution is 7.99. The Labute approximate surface area is 161 Å². The van der Waals surface area contributed by atoms with Crippen LogP contribution in [0.25, 0.3) is 5.69 Å². The molecule has 140 valence electrons. The van der Waals surface area contributed by atoms with E-state index in [4.69, 9.17) is 15.2 Å². The van der Waals surface area contributed by atoms with Gasteiger partial charge in [0.15, 0.2) is 11.0 Å². The molecule has 7 nitrogen and oxygen atoms in total. The van der Waals surface area contributed by atoms with Crippen molar-refractivity contribution in [2.24, 2.45) is 5.73 Å². The van der Waals surface area contributed by atoms with E-state index >= 15 is 0 Å². The van der Waals surface area contributed by atoms with Crippen LogP contribution in [0.3, 0.4) is 0 Å². The summed E-state index contributed by atoms with van der Waals surface area (Å²) in [4.78, 5) is 11.2. The third-order valence-electron chi connectivity index (χ3n) is 3.73. The smallest absolute Gasteiger partial charge is 0.227 e. The molecule has 0 fully saturated rings. The molecule has 3 rings (SSSR count). The molecule has 0 bridgehead atoms. The number of thioether (sulfide) groups is 1. The van der Waals surface area contributed by atoms with Gasteiger partial charge in [0, 0.05) is 0 Å². The average molecular weight is 384 g/mol. The Kier molecular flexibility index (Phi) is 5.97. The quantitative estimate of drug-likeness (QED) is 0.601. The molecule has 0 spiro atoms. The Morgan fingerprint density at radius 3 is 2.74 bits per heavy atom. The van der Waals surface area contributed by atoms with Crippen LogP contribution in [0.2, 0.25) is 0 Å². The normalized spacial score (nSPS) is 10.6.